The summed E-state index contributed by atoms with van der Waals surface area (Å²) in [7, 11) is 0. The Bertz CT molecular complexity index is 480. The zero-order chi connectivity index (χ0) is 17.5. The zero-order valence-electron chi connectivity index (χ0n) is 15.1. The minimum absolute atomic E-state index is 0.326. The van der Waals surface area contributed by atoms with Crippen molar-refractivity contribution in [3.05, 3.63) is 11.7 Å². The summed E-state index contributed by atoms with van der Waals surface area (Å²) < 4.78 is 10.3. The van der Waals surface area contributed by atoms with Gasteiger partial charge in [0.25, 0.3) is 0 Å². The predicted molar refractivity (Wildman–Crippen MR) is 88.2 cm³/mol. The number of nitrogens with zero attached hydrogens (tertiary/aromatic N) is 2. The van der Waals surface area contributed by atoms with Crippen molar-refractivity contribution in [2.75, 3.05) is 19.6 Å². The molecule has 7 heteroatoms. The number of aromatic nitrogens is 2. The molecule has 23 heavy (non-hydrogen) atoms. The van der Waals surface area contributed by atoms with Gasteiger partial charge < -0.3 is 19.9 Å². The maximum Gasteiger partial charge on any atom is 0.407 e. The second-order valence-corrected chi connectivity index (χ2v) is 7.08. The van der Waals surface area contributed by atoms with E-state index in [-0.39, 0.29) is 6.09 Å². The predicted octanol–water partition coefficient (Wildman–Crippen LogP) is 2.31. The number of amides is 1. The van der Waals surface area contributed by atoms with Crippen molar-refractivity contribution in [1.29, 1.82) is 0 Å². The Morgan fingerprint density at radius 1 is 1.30 bits per heavy atom. The van der Waals surface area contributed by atoms with Gasteiger partial charge in [-0.25, -0.2) is 4.79 Å². The van der Waals surface area contributed by atoms with Crippen LogP contribution in [-0.4, -0.2) is 41.5 Å². The number of nitrogens with one attached hydrogen (secondary N) is 2. The summed E-state index contributed by atoms with van der Waals surface area (Å²) in [6, 6.07) is 0. The molecule has 0 aliphatic rings. The molecule has 1 atom stereocenters. The van der Waals surface area contributed by atoms with Crippen molar-refractivity contribution in [1.82, 2.24) is 20.8 Å². The van der Waals surface area contributed by atoms with Gasteiger partial charge in [-0.2, -0.15) is 4.98 Å². The maximum atomic E-state index is 11.7. The van der Waals surface area contributed by atoms with Crippen LogP contribution in [0.4, 0.5) is 4.79 Å². The van der Waals surface area contributed by atoms with Crippen LogP contribution >= 0.6 is 0 Å². The Balaban J connectivity index is 2.27. The van der Waals surface area contributed by atoms with E-state index < -0.39 is 5.60 Å². The molecule has 2 N–H and O–H groups in total. The van der Waals surface area contributed by atoms with E-state index in [0.29, 0.717) is 36.5 Å². The lowest BCUT2D eigenvalue weighted by Gasteiger charge is -2.24. The monoisotopic (exact) mass is 326 g/mol. The van der Waals surface area contributed by atoms with Crippen LogP contribution in [0.1, 0.15) is 46.3 Å². The molecule has 0 spiro atoms. The lowest BCUT2D eigenvalue weighted by atomic mass is 9.96. The average Bonchev–Trinajstić information content (AvgIpc) is 2.81. The molecule has 1 aromatic rings. The summed E-state index contributed by atoms with van der Waals surface area (Å²) in [5.41, 5.74) is -0.474. The fourth-order valence-electron chi connectivity index (χ4n) is 2.00. The summed E-state index contributed by atoms with van der Waals surface area (Å²) in [4.78, 5) is 15.9. The topological polar surface area (TPSA) is 89.3 Å². The fraction of sp³-hybridized carbons (Fsp3) is 0.812. The van der Waals surface area contributed by atoms with Gasteiger partial charge in [0.05, 0.1) is 0 Å². The molecule has 0 fully saturated rings. The summed E-state index contributed by atoms with van der Waals surface area (Å²) in [6.45, 7) is 13.8. The van der Waals surface area contributed by atoms with Crippen molar-refractivity contribution in [2.45, 2.75) is 53.6 Å². The summed E-state index contributed by atoms with van der Waals surface area (Å²) in [5.74, 6) is 2.07. The van der Waals surface area contributed by atoms with Crippen molar-refractivity contribution >= 4 is 6.09 Å². The van der Waals surface area contributed by atoms with E-state index in [1.165, 1.54) is 0 Å². The van der Waals surface area contributed by atoms with E-state index in [9.17, 15) is 4.79 Å². The molecule has 1 heterocycles. The van der Waals surface area contributed by atoms with Crippen LogP contribution < -0.4 is 10.6 Å². The molecule has 0 radical (unpaired) electrons. The first-order valence-corrected chi connectivity index (χ1v) is 8.14. The third-order valence-electron chi connectivity index (χ3n) is 3.34. The number of aryl methyl sites for hydroxylation is 1. The Morgan fingerprint density at radius 2 is 2.00 bits per heavy atom. The third-order valence-corrected chi connectivity index (χ3v) is 3.34. The minimum Gasteiger partial charge on any atom is -0.444 e. The van der Waals surface area contributed by atoms with Gasteiger partial charge in [-0.3, -0.25) is 0 Å². The highest BCUT2D eigenvalue weighted by Crippen LogP contribution is 2.10. The van der Waals surface area contributed by atoms with Gasteiger partial charge in [0.2, 0.25) is 5.89 Å². The van der Waals surface area contributed by atoms with Crippen LogP contribution in [0, 0.1) is 18.8 Å². The lowest BCUT2D eigenvalue weighted by Crippen LogP contribution is -2.39. The highest BCUT2D eigenvalue weighted by molar-refractivity contribution is 5.67. The first-order valence-electron chi connectivity index (χ1n) is 8.14. The van der Waals surface area contributed by atoms with Crippen LogP contribution in [0.2, 0.25) is 0 Å². The Kier molecular flexibility index (Phi) is 7.48. The Hall–Kier alpha value is -1.63. The highest BCUT2D eigenvalue weighted by atomic mass is 16.6. The zero-order valence-corrected chi connectivity index (χ0v) is 15.1. The fourth-order valence-corrected chi connectivity index (χ4v) is 2.00. The summed E-state index contributed by atoms with van der Waals surface area (Å²) in [6.07, 6.45) is 0.329. The van der Waals surface area contributed by atoms with Gasteiger partial charge in [-0.1, -0.05) is 19.0 Å². The third kappa shape index (κ3) is 8.54. The molecule has 7 nitrogen and oxygen atoms in total. The maximum absolute atomic E-state index is 11.7. The number of ether oxygens (including phenoxy) is 1. The summed E-state index contributed by atoms with van der Waals surface area (Å²) >= 11 is 0. The number of rotatable bonds is 8. The van der Waals surface area contributed by atoms with E-state index >= 15 is 0 Å². The first-order chi connectivity index (χ1) is 10.7. The molecular weight excluding hydrogens is 296 g/mol. The number of hydrogen-bond acceptors (Lipinski definition) is 6. The second-order valence-electron chi connectivity index (χ2n) is 7.08. The van der Waals surface area contributed by atoms with Gasteiger partial charge in [-0.05, 0) is 46.1 Å². The molecule has 1 rings (SSSR count). The average molecular weight is 326 g/mol. The molecule has 1 aromatic heterocycles. The molecule has 0 aromatic carbocycles. The molecule has 1 unspecified atom stereocenters. The van der Waals surface area contributed by atoms with E-state index in [2.05, 4.69) is 34.6 Å². The van der Waals surface area contributed by atoms with Crippen molar-refractivity contribution in [3.8, 4) is 0 Å². The van der Waals surface area contributed by atoms with E-state index in [4.69, 9.17) is 9.26 Å². The molecule has 0 bridgehead atoms. The number of carbonyl (C=O) groups is 1. The smallest absolute Gasteiger partial charge is 0.407 e. The Labute approximate surface area is 138 Å². The highest BCUT2D eigenvalue weighted by Gasteiger charge is 2.19. The van der Waals surface area contributed by atoms with Crippen LogP contribution in [-0.2, 0) is 11.2 Å². The van der Waals surface area contributed by atoms with Gasteiger partial charge >= 0.3 is 6.09 Å². The van der Waals surface area contributed by atoms with Crippen LogP contribution in [0.25, 0.3) is 0 Å². The van der Waals surface area contributed by atoms with Gasteiger partial charge in [0, 0.05) is 19.5 Å². The van der Waals surface area contributed by atoms with Gasteiger partial charge in [0.15, 0.2) is 5.82 Å². The quantitative estimate of drug-likeness (QED) is 0.713. The molecule has 0 aliphatic heterocycles. The lowest BCUT2D eigenvalue weighted by molar-refractivity contribution is 0.0515. The van der Waals surface area contributed by atoms with Gasteiger partial charge in [0.1, 0.15) is 5.60 Å². The molecule has 0 saturated carbocycles. The normalized spacial score (nSPS) is 13.2. The second kappa shape index (κ2) is 8.86. The standard InChI is InChI=1S/C16H30N4O3/c1-11(2)13(10-18-15(21)22-16(4,5)6)9-17-8-7-14-19-12(3)20-23-14/h11,13,17H,7-10H2,1-6H3,(H,18,21). The van der Waals surface area contributed by atoms with Gasteiger partial charge in [-0.15, -0.1) is 0 Å². The van der Waals surface area contributed by atoms with Crippen LogP contribution in [0.15, 0.2) is 4.52 Å². The number of hydrogen-bond donors (Lipinski definition) is 2. The number of carbonyl (C=O) groups excluding carboxylic acids is 1. The molecule has 132 valence electrons. The number of alkyl carbamates (subject to hydrolysis) is 1. The SMILES string of the molecule is Cc1noc(CCNCC(CNC(=O)OC(C)(C)C)C(C)C)n1. The van der Waals surface area contributed by atoms with Crippen LogP contribution in [0.5, 0.6) is 0 Å². The van der Waals surface area contributed by atoms with E-state index in [0.717, 1.165) is 13.1 Å². The molecule has 0 aliphatic carbocycles. The van der Waals surface area contributed by atoms with Crippen molar-refractivity contribution < 1.29 is 14.1 Å². The largest absolute Gasteiger partial charge is 0.444 e. The van der Waals surface area contributed by atoms with E-state index in [1.54, 1.807) is 6.92 Å². The molecular formula is C16H30N4O3. The molecule has 0 saturated heterocycles. The van der Waals surface area contributed by atoms with Crippen LogP contribution in [0.3, 0.4) is 0 Å². The van der Waals surface area contributed by atoms with Crippen molar-refractivity contribution in [3.63, 3.8) is 0 Å². The minimum atomic E-state index is -0.474. The van der Waals surface area contributed by atoms with E-state index in [1.807, 2.05) is 20.8 Å². The van der Waals surface area contributed by atoms with Crippen molar-refractivity contribution in [2.24, 2.45) is 11.8 Å². The first kappa shape index (κ1) is 19.4. The Morgan fingerprint density at radius 3 is 2.52 bits per heavy atom. The summed E-state index contributed by atoms with van der Waals surface area (Å²) in [5, 5.41) is 9.98. The molecule has 1 amide bonds.